The molecule has 1 aliphatic rings. The van der Waals surface area contributed by atoms with E-state index in [1.165, 1.54) is 38.8 Å². The van der Waals surface area contributed by atoms with Crippen LogP contribution in [0.25, 0.3) is 5.52 Å². The Morgan fingerprint density at radius 3 is 2.74 bits per heavy atom. The first-order valence-electron chi connectivity index (χ1n) is 8.83. The average molecular weight is 313 g/mol. The molecule has 1 atom stereocenters. The number of hydrogen-bond acceptors (Lipinski definition) is 2. The molecule has 1 amide bonds. The molecular formula is C19H27N3O. The quantitative estimate of drug-likeness (QED) is 0.919. The van der Waals surface area contributed by atoms with Crippen molar-refractivity contribution in [2.45, 2.75) is 45.1 Å². The molecule has 1 saturated heterocycles. The minimum absolute atomic E-state index is 0.0248. The van der Waals surface area contributed by atoms with E-state index in [-0.39, 0.29) is 5.91 Å². The maximum Gasteiger partial charge on any atom is 0.252 e. The minimum Gasteiger partial charge on any atom is -0.352 e. The SMILES string of the molecule is C[C@H](CCNC(=O)c1cc2ccccn2c1)N1CCCCCC1. The fourth-order valence-corrected chi connectivity index (χ4v) is 3.39. The maximum absolute atomic E-state index is 12.3. The van der Waals surface area contributed by atoms with Gasteiger partial charge in [-0.05, 0) is 57.5 Å². The molecule has 0 bridgehead atoms. The van der Waals surface area contributed by atoms with Gasteiger partial charge in [0.2, 0.25) is 0 Å². The minimum atomic E-state index is 0.0248. The summed E-state index contributed by atoms with van der Waals surface area (Å²) in [6.45, 7) is 5.44. The molecule has 0 unspecified atom stereocenters. The Balaban J connectivity index is 1.48. The van der Waals surface area contributed by atoms with E-state index in [2.05, 4.69) is 17.1 Å². The van der Waals surface area contributed by atoms with Crippen molar-refractivity contribution < 1.29 is 4.79 Å². The molecule has 0 radical (unpaired) electrons. The van der Waals surface area contributed by atoms with E-state index in [1.54, 1.807) is 0 Å². The second kappa shape index (κ2) is 7.64. The molecule has 23 heavy (non-hydrogen) atoms. The molecule has 0 aliphatic carbocycles. The zero-order valence-corrected chi connectivity index (χ0v) is 14.0. The van der Waals surface area contributed by atoms with Crippen LogP contribution in [-0.4, -0.2) is 40.9 Å². The van der Waals surface area contributed by atoms with Crippen LogP contribution in [0.4, 0.5) is 0 Å². The highest BCUT2D eigenvalue weighted by Gasteiger charge is 2.16. The van der Waals surface area contributed by atoms with Crippen LogP contribution in [0.2, 0.25) is 0 Å². The number of carbonyl (C=O) groups is 1. The number of nitrogens with zero attached hydrogens (tertiary/aromatic N) is 2. The highest BCUT2D eigenvalue weighted by molar-refractivity contribution is 5.95. The largest absolute Gasteiger partial charge is 0.352 e. The average Bonchev–Trinajstić information content (AvgIpc) is 2.81. The first-order chi connectivity index (χ1) is 11.2. The molecule has 3 heterocycles. The summed E-state index contributed by atoms with van der Waals surface area (Å²) in [4.78, 5) is 14.9. The number of amides is 1. The number of nitrogens with one attached hydrogen (secondary N) is 1. The molecule has 3 rings (SSSR count). The van der Waals surface area contributed by atoms with Crippen molar-refractivity contribution in [2.75, 3.05) is 19.6 Å². The maximum atomic E-state index is 12.3. The lowest BCUT2D eigenvalue weighted by Crippen LogP contribution is -2.37. The Bertz CT molecular complexity index is 608. The predicted molar refractivity (Wildman–Crippen MR) is 93.9 cm³/mol. The molecule has 124 valence electrons. The topological polar surface area (TPSA) is 36.8 Å². The van der Waals surface area contributed by atoms with Gasteiger partial charge in [-0.2, -0.15) is 0 Å². The van der Waals surface area contributed by atoms with Gasteiger partial charge in [-0.3, -0.25) is 4.79 Å². The van der Waals surface area contributed by atoms with Crippen LogP contribution >= 0.6 is 0 Å². The van der Waals surface area contributed by atoms with Gasteiger partial charge in [0.1, 0.15) is 0 Å². The zero-order valence-electron chi connectivity index (χ0n) is 14.0. The fraction of sp³-hybridized carbons (Fsp3) is 0.526. The predicted octanol–water partition coefficient (Wildman–Crippen LogP) is 3.32. The molecule has 0 aromatic carbocycles. The second-order valence-corrected chi connectivity index (χ2v) is 6.61. The Kier molecular flexibility index (Phi) is 5.34. The lowest BCUT2D eigenvalue weighted by Gasteiger charge is -2.27. The van der Waals surface area contributed by atoms with Crippen molar-refractivity contribution in [3.8, 4) is 0 Å². The van der Waals surface area contributed by atoms with Crippen molar-refractivity contribution in [3.63, 3.8) is 0 Å². The molecule has 0 saturated carbocycles. The van der Waals surface area contributed by atoms with Crippen LogP contribution in [0.5, 0.6) is 0 Å². The molecule has 0 spiro atoms. The summed E-state index contributed by atoms with van der Waals surface area (Å²) in [6.07, 6.45) is 10.2. The number of pyridine rings is 1. The van der Waals surface area contributed by atoms with E-state index >= 15 is 0 Å². The van der Waals surface area contributed by atoms with Gasteiger partial charge in [0.25, 0.3) is 5.91 Å². The number of fused-ring (bicyclic) bond motifs is 1. The molecule has 2 aromatic rings. The summed E-state index contributed by atoms with van der Waals surface area (Å²) in [5.41, 5.74) is 1.79. The second-order valence-electron chi connectivity index (χ2n) is 6.61. The number of hydrogen-bond donors (Lipinski definition) is 1. The summed E-state index contributed by atoms with van der Waals surface area (Å²) in [7, 11) is 0. The summed E-state index contributed by atoms with van der Waals surface area (Å²) < 4.78 is 1.98. The Morgan fingerprint density at radius 1 is 1.22 bits per heavy atom. The van der Waals surface area contributed by atoms with Gasteiger partial charge in [0.15, 0.2) is 0 Å². The monoisotopic (exact) mass is 313 g/mol. The van der Waals surface area contributed by atoms with Crippen LogP contribution < -0.4 is 5.32 Å². The van der Waals surface area contributed by atoms with Gasteiger partial charge in [0.05, 0.1) is 5.56 Å². The zero-order chi connectivity index (χ0) is 16.1. The molecular weight excluding hydrogens is 286 g/mol. The van der Waals surface area contributed by atoms with Crippen molar-refractivity contribution in [1.29, 1.82) is 0 Å². The summed E-state index contributed by atoms with van der Waals surface area (Å²) in [5, 5.41) is 3.07. The third-order valence-corrected chi connectivity index (χ3v) is 4.88. The summed E-state index contributed by atoms with van der Waals surface area (Å²) >= 11 is 0. The van der Waals surface area contributed by atoms with Gasteiger partial charge in [0, 0.05) is 30.5 Å². The first-order valence-corrected chi connectivity index (χ1v) is 8.83. The molecule has 4 nitrogen and oxygen atoms in total. The molecule has 4 heteroatoms. The number of likely N-dealkylation sites (tertiary alicyclic amines) is 1. The first kappa shape index (κ1) is 16.1. The molecule has 1 aliphatic heterocycles. The van der Waals surface area contributed by atoms with Crippen molar-refractivity contribution in [2.24, 2.45) is 0 Å². The third-order valence-electron chi connectivity index (χ3n) is 4.88. The van der Waals surface area contributed by atoms with Crippen LogP contribution in [0.15, 0.2) is 36.7 Å². The van der Waals surface area contributed by atoms with Crippen LogP contribution in [0, 0.1) is 0 Å². The normalized spacial score (nSPS) is 17.8. The van der Waals surface area contributed by atoms with Gasteiger partial charge < -0.3 is 14.6 Å². The number of aromatic nitrogens is 1. The third kappa shape index (κ3) is 4.14. The van der Waals surface area contributed by atoms with E-state index in [9.17, 15) is 4.79 Å². The van der Waals surface area contributed by atoms with E-state index in [1.807, 2.05) is 41.1 Å². The van der Waals surface area contributed by atoms with Gasteiger partial charge in [-0.1, -0.05) is 18.9 Å². The number of carbonyl (C=O) groups excluding carboxylic acids is 1. The Labute approximate surface area is 138 Å². The van der Waals surface area contributed by atoms with E-state index in [0.717, 1.165) is 24.0 Å². The van der Waals surface area contributed by atoms with Gasteiger partial charge in [-0.25, -0.2) is 0 Å². The highest BCUT2D eigenvalue weighted by Crippen LogP contribution is 2.14. The van der Waals surface area contributed by atoms with Crippen LogP contribution in [0.1, 0.15) is 49.4 Å². The van der Waals surface area contributed by atoms with E-state index < -0.39 is 0 Å². The van der Waals surface area contributed by atoms with E-state index in [4.69, 9.17) is 0 Å². The smallest absolute Gasteiger partial charge is 0.252 e. The van der Waals surface area contributed by atoms with Crippen molar-refractivity contribution >= 4 is 11.4 Å². The van der Waals surface area contributed by atoms with Gasteiger partial charge >= 0.3 is 0 Å². The fourth-order valence-electron chi connectivity index (χ4n) is 3.39. The van der Waals surface area contributed by atoms with Crippen LogP contribution in [0.3, 0.4) is 0 Å². The van der Waals surface area contributed by atoms with Gasteiger partial charge in [-0.15, -0.1) is 0 Å². The Hall–Kier alpha value is -1.81. The number of rotatable bonds is 5. The lowest BCUT2D eigenvalue weighted by molar-refractivity contribution is 0.0948. The standard InChI is InChI=1S/C19H27N3O/c1-16(21-11-5-2-3-6-12-21)9-10-20-19(23)17-14-18-8-4-7-13-22(18)15-17/h4,7-8,13-16H,2-3,5-6,9-12H2,1H3,(H,20,23)/t16-/m1/s1. The summed E-state index contributed by atoms with van der Waals surface area (Å²) in [5.74, 6) is 0.0248. The Morgan fingerprint density at radius 2 is 2.00 bits per heavy atom. The lowest BCUT2D eigenvalue weighted by atomic mass is 10.2. The highest BCUT2D eigenvalue weighted by atomic mass is 16.1. The molecule has 1 N–H and O–H groups in total. The molecule has 2 aromatic heterocycles. The van der Waals surface area contributed by atoms with Crippen LogP contribution in [-0.2, 0) is 0 Å². The molecule has 1 fully saturated rings. The van der Waals surface area contributed by atoms with Crippen molar-refractivity contribution in [1.82, 2.24) is 14.6 Å². The van der Waals surface area contributed by atoms with E-state index in [0.29, 0.717) is 6.04 Å². The summed E-state index contributed by atoms with van der Waals surface area (Å²) in [6, 6.07) is 8.45. The van der Waals surface area contributed by atoms with Crippen molar-refractivity contribution in [3.05, 3.63) is 42.2 Å².